The normalized spacial score (nSPS) is 17.7. The minimum Gasteiger partial charge on any atom is -0.243 e. The molecule has 4 nitrogen and oxygen atoms in total. The highest BCUT2D eigenvalue weighted by Crippen LogP contribution is 2.49. The van der Waals surface area contributed by atoms with E-state index in [1.165, 1.54) is 12.3 Å². The van der Waals surface area contributed by atoms with Crippen molar-refractivity contribution in [3.63, 3.8) is 0 Å². The van der Waals surface area contributed by atoms with Gasteiger partial charge in [0.2, 0.25) is 10.0 Å². The third kappa shape index (κ3) is 3.02. The summed E-state index contributed by atoms with van der Waals surface area (Å²) in [5, 5.41) is 0.0188. The minimum atomic E-state index is -3.55. The van der Waals surface area contributed by atoms with Gasteiger partial charge < -0.3 is 0 Å². The summed E-state index contributed by atoms with van der Waals surface area (Å²) >= 11 is 5.81. The number of hydrogen-bond donors (Lipinski definition) is 1. The first-order chi connectivity index (χ1) is 8.49. The van der Waals surface area contributed by atoms with E-state index >= 15 is 0 Å². The van der Waals surface area contributed by atoms with Crippen LogP contribution in [0.5, 0.6) is 0 Å². The Balaban J connectivity index is 2.07. The first-order valence-electron chi connectivity index (χ1n) is 6.09. The van der Waals surface area contributed by atoms with Crippen LogP contribution in [-0.2, 0) is 10.0 Å². The molecule has 1 heterocycles. The van der Waals surface area contributed by atoms with Crippen molar-refractivity contribution < 1.29 is 8.42 Å². The third-order valence-electron chi connectivity index (χ3n) is 3.39. The van der Waals surface area contributed by atoms with E-state index in [4.69, 9.17) is 11.6 Å². The molecular weight excluding hydrogens is 272 g/mol. The zero-order chi connectivity index (χ0) is 13.2. The van der Waals surface area contributed by atoms with E-state index < -0.39 is 10.0 Å². The standard InChI is InChI=1S/C12H17ClN2O2S/c1-2-5-12(6-7-12)9-15-18(16,17)10-4-3-8-14-11(10)13/h3-4,8,15H,2,5-7,9H2,1H3. The summed E-state index contributed by atoms with van der Waals surface area (Å²) in [6, 6.07) is 3.04. The first-order valence-corrected chi connectivity index (χ1v) is 7.95. The van der Waals surface area contributed by atoms with Crippen LogP contribution in [0.3, 0.4) is 0 Å². The number of sulfonamides is 1. The molecule has 1 aliphatic rings. The third-order valence-corrected chi connectivity index (χ3v) is 5.24. The molecule has 1 aliphatic carbocycles. The van der Waals surface area contributed by atoms with Gasteiger partial charge in [-0.05, 0) is 36.8 Å². The maximum atomic E-state index is 12.1. The van der Waals surface area contributed by atoms with Crippen LogP contribution in [0.25, 0.3) is 0 Å². The predicted molar refractivity (Wildman–Crippen MR) is 71.0 cm³/mol. The smallest absolute Gasteiger partial charge is 0.243 e. The summed E-state index contributed by atoms with van der Waals surface area (Å²) in [7, 11) is -3.55. The quantitative estimate of drug-likeness (QED) is 0.819. The van der Waals surface area contributed by atoms with E-state index in [-0.39, 0.29) is 15.5 Å². The fourth-order valence-corrected chi connectivity index (χ4v) is 3.73. The Morgan fingerprint density at radius 2 is 2.22 bits per heavy atom. The number of nitrogens with one attached hydrogen (secondary N) is 1. The molecule has 0 amide bonds. The summed E-state index contributed by atoms with van der Waals surface area (Å²) < 4.78 is 26.8. The van der Waals surface area contributed by atoms with Crippen molar-refractivity contribution in [3.05, 3.63) is 23.5 Å². The van der Waals surface area contributed by atoms with Crippen LogP contribution in [0.15, 0.2) is 23.2 Å². The number of rotatable bonds is 6. The molecule has 1 saturated carbocycles. The zero-order valence-electron chi connectivity index (χ0n) is 10.3. The van der Waals surface area contributed by atoms with Crippen molar-refractivity contribution in [2.24, 2.45) is 5.41 Å². The molecule has 1 aromatic heterocycles. The lowest BCUT2D eigenvalue weighted by Crippen LogP contribution is -2.30. The van der Waals surface area contributed by atoms with Crippen LogP contribution in [0.4, 0.5) is 0 Å². The van der Waals surface area contributed by atoms with Gasteiger partial charge in [0.15, 0.2) is 0 Å². The highest BCUT2D eigenvalue weighted by molar-refractivity contribution is 7.89. The second kappa shape index (κ2) is 5.15. The Hall–Kier alpha value is -0.650. The topological polar surface area (TPSA) is 59.1 Å². The van der Waals surface area contributed by atoms with E-state index in [2.05, 4.69) is 16.6 Å². The van der Waals surface area contributed by atoms with Crippen molar-refractivity contribution in [1.29, 1.82) is 0 Å². The van der Waals surface area contributed by atoms with Gasteiger partial charge in [0.25, 0.3) is 0 Å². The average Bonchev–Trinajstić information content (AvgIpc) is 3.08. The van der Waals surface area contributed by atoms with Gasteiger partial charge in [-0.25, -0.2) is 18.1 Å². The molecule has 0 bridgehead atoms. The Morgan fingerprint density at radius 1 is 1.50 bits per heavy atom. The largest absolute Gasteiger partial charge is 0.243 e. The molecular formula is C12H17ClN2O2S. The van der Waals surface area contributed by atoms with Gasteiger partial charge in [-0.2, -0.15) is 0 Å². The monoisotopic (exact) mass is 288 g/mol. The molecule has 0 saturated heterocycles. The molecule has 18 heavy (non-hydrogen) atoms. The van der Waals surface area contributed by atoms with Crippen LogP contribution in [-0.4, -0.2) is 19.9 Å². The molecule has 6 heteroatoms. The molecule has 0 unspecified atom stereocenters. The van der Waals surface area contributed by atoms with Gasteiger partial charge in [-0.1, -0.05) is 24.9 Å². The van der Waals surface area contributed by atoms with Crippen LogP contribution in [0.1, 0.15) is 32.6 Å². The highest BCUT2D eigenvalue weighted by Gasteiger charge is 2.42. The summed E-state index contributed by atoms with van der Waals surface area (Å²) in [6.07, 6.45) is 5.82. The maximum absolute atomic E-state index is 12.1. The van der Waals surface area contributed by atoms with Gasteiger partial charge in [-0.15, -0.1) is 0 Å². The molecule has 1 N–H and O–H groups in total. The second-order valence-electron chi connectivity index (χ2n) is 4.87. The zero-order valence-corrected chi connectivity index (χ0v) is 11.9. The van der Waals surface area contributed by atoms with E-state index in [0.29, 0.717) is 6.54 Å². The summed E-state index contributed by atoms with van der Waals surface area (Å²) in [5.74, 6) is 0. The molecule has 0 aliphatic heterocycles. The highest BCUT2D eigenvalue weighted by atomic mass is 35.5. The van der Waals surface area contributed by atoms with Gasteiger partial charge in [0, 0.05) is 12.7 Å². The van der Waals surface area contributed by atoms with Crippen LogP contribution < -0.4 is 4.72 Å². The van der Waals surface area contributed by atoms with Crippen LogP contribution >= 0.6 is 11.6 Å². The molecule has 0 atom stereocenters. The predicted octanol–water partition coefficient (Wildman–Crippen LogP) is 2.59. The fourth-order valence-electron chi connectivity index (χ4n) is 2.12. The van der Waals surface area contributed by atoms with Crippen molar-refractivity contribution >= 4 is 21.6 Å². The lowest BCUT2D eigenvalue weighted by Gasteiger charge is -2.15. The molecule has 100 valence electrons. The lowest BCUT2D eigenvalue weighted by molar-refractivity contribution is 0.449. The molecule has 0 spiro atoms. The van der Waals surface area contributed by atoms with Gasteiger partial charge in [-0.3, -0.25) is 0 Å². The van der Waals surface area contributed by atoms with E-state index in [0.717, 1.165) is 25.7 Å². The van der Waals surface area contributed by atoms with Crippen LogP contribution in [0.2, 0.25) is 5.15 Å². The van der Waals surface area contributed by atoms with E-state index in [9.17, 15) is 8.42 Å². The summed E-state index contributed by atoms with van der Waals surface area (Å²) in [5.41, 5.74) is 0.177. The minimum absolute atomic E-state index is 0.0188. The van der Waals surface area contributed by atoms with Crippen LogP contribution in [0, 0.1) is 5.41 Å². The summed E-state index contributed by atoms with van der Waals surface area (Å²) in [6.45, 7) is 2.61. The molecule has 1 aromatic rings. The number of pyridine rings is 1. The van der Waals surface area contributed by atoms with Gasteiger partial charge in [0.1, 0.15) is 10.0 Å². The van der Waals surface area contributed by atoms with Crippen molar-refractivity contribution in [2.45, 2.75) is 37.5 Å². The SMILES string of the molecule is CCCC1(CNS(=O)(=O)c2cccnc2Cl)CC1. The van der Waals surface area contributed by atoms with Crippen molar-refractivity contribution in [2.75, 3.05) is 6.54 Å². The molecule has 0 radical (unpaired) electrons. The van der Waals surface area contributed by atoms with Crippen molar-refractivity contribution in [3.8, 4) is 0 Å². The molecule has 0 aromatic carbocycles. The molecule has 2 rings (SSSR count). The first kappa shape index (κ1) is 13.8. The number of halogens is 1. The number of aromatic nitrogens is 1. The van der Waals surface area contributed by atoms with Gasteiger partial charge in [0.05, 0.1) is 0 Å². The van der Waals surface area contributed by atoms with Gasteiger partial charge >= 0.3 is 0 Å². The van der Waals surface area contributed by atoms with E-state index in [1.807, 2.05) is 0 Å². The van der Waals surface area contributed by atoms with E-state index in [1.54, 1.807) is 6.07 Å². The Morgan fingerprint density at radius 3 is 2.78 bits per heavy atom. The Labute approximate surface area is 113 Å². The average molecular weight is 289 g/mol. The fraction of sp³-hybridized carbons (Fsp3) is 0.583. The second-order valence-corrected chi connectivity index (χ2v) is 6.96. The Bertz CT molecular complexity index is 527. The lowest BCUT2D eigenvalue weighted by atomic mass is 10.0. The number of hydrogen-bond acceptors (Lipinski definition) is 3. The Kier molecular flexibility index (Phi) is 3.94. The summed E-state index contributed by atoms with van der Waals surface area (Å²) in [4.78, 5) is 3.84. The maximum Gasteiger partial charge on any atom is 0.243 e. The molecule has 1 fully saturated rings. The van der Waals surface area contributed by atoms with Crippen molar-refractivity contribution in [1.82, 2.24) is 9.71 Å². The number of nitrogens with zero attached hydrogens (tertiary/aromatic N) is 1.